The second kappa shape index (κ2) is 20.9. The van der Waals surface area contributed by atoms with Gasteiger partial charge < -0.3 is 14.8 Å². The molecule has 0 atom stereocenters. The average Bonchev–Trinajstić information content (AvgIpc) is 2.70. The van der Waals surface area contributed by atoms with Gasteiger partial charge in [-0.1, -0.05) is 70.4 Å². The Bertz CT molecular complexity index is 448. The lowest BCUT2D eigenvalue weighted by Gasteiger charge is -2.07. The van der Waals surface area contributed by atoms with Gasteiger partial charge in [-0.15, -0.1) is 6.58 Å². The second-order valence-corrected chi connectivity index (χ2v) is 7.65. The van der Waals surface area contributed by atoms with E-state index in [-0.39, 0.29) is 12.1 Å². The summed E-state index contributed by atoms with van der Waals surface area (Å²) in [5, 5.41) is 2.81. The minimum atomic E-state index is -0.308. The summed E-state index contributed by atoms with van der Waals surface area (Å²) in [7, 11) is 0. The predicted octanol–water partition coefficient (Wildman–Crippen LogP) is 6.48. The summed E-state index contributed by atoms with van der Waals surface area (Å²) in [4.78, 5) is 22.8. The predicted molar refractivity (Wildman–Crippen MR) is 120 cm³/mol. The summed E-state index contributed by atoms with van der Waals surface area (Å²) in [5.41, 5.74) is 0.446. The van der Waals surface area contributed by atoms with E-state index in [0.717, 1.165) is 57.8 Å². The van der Waals surface area contributed by atoms with Crippen LogP contribution >= 0.6 is 0 Å². The van der Waals surface area contributed by atoms with Crippen LogP contribution in [0, 0.1) is 0 Å². The first-order valence-corrected chi connectivity index (χ1v) is 11.4. The van der Waals surface area contributed by atoms with E-state index in [1.165, 1.54) is 32.1 Å². The van der Waals surface area contributed by atoms with E-state index in [2.05, 4.69) is 18.5 Å². The van der Waals surface area contributed by atoms with E-state index in [9.17, 15) is 9.59 Å². The molecule has 5 heteroatoms. The SMILES string of the molecule is C=CCCCCCCCCCOC(=O)NCCCCCCCCOC(=O)C(=C)C. The summed E-state index contributed by atoms with van der Waals surface area (Å²) in [6.07, 6.45) is 17.4. The third kappa shape index (κ3) is 20.8. The molecule has 1 N–H and O–H groups in total. The quantitative estimate of drug-likeness (QED) is 0.108. The number of hydrogen-bond acceptors (Lipinski definition) is 4. The first-order chi connectivity index (χ1) is 14.1. The van der Waals surface area contributed by atoms with Gasteiger partial charge in [0.05, 0.1) is 13.2 Å². The summed E-state index contributed by atoms with van der Waals surface area (Å²) < 4.78 is 10.3. The molecular formula is C24H43NO4. The van der Waals surface area contributed by atoms with Gasteiger partial charge in [-0.3, -0.25) is 0 Å². The van der Waals surface area contributed by atoms with Crippen LogP contribution in [0.3, 0.4) is 0 Å². The number of carbonyl (C=O) groups excluding carboxylic acids is 2. The van der Waals surface area contributed by atoms with Gasteiger partial charge in [0.25, 0.3) is 0 Å². The van der Waals surface area contributed by atoms with Crippen molar-refractivity contribution in [2.45, 2.75) is 96.8 Å². The summed E-state index contributed by atoms with van der Waals surface area (Å²) in [6.45, 7) is 10.6. The van der Waals surface area contributed by atoms with E-state index in [0.29, 0.717) is 25.3 Å². The number of rotatable bonds is 20. The maximum atomic E-state index is 11.6. The Morgan fingerprint density at radius 2 is 1.24 bits per heavy atom. The highest BCUT2D eigenvalue weighted by Crippen LogP contribution is 2.09. The molecule has 0 radical (unpaired) electrons. The van der Waals surface area contributed by atoms with Crippen LogP contribution in [-0.4, -0.2) is 31.8 Å². The molecule has 0 aromatic carbocycles. The Kier molecular flexibility index (Phi) is 19.7. The highest BCUT2D eigenvalue weighted by molar-refractivity contribution is 5.86. The Labute approximate surface area is 178 Å². The van der Waals surface area contributed by atoms with Gasteiger partial charge in [0, 0.05) is 12.1 Å². The van der Waals surface area contributed by atoms with Gasteiger partial charge in [-0.2, -0.15) is 0 Å². The zero-order valence-electron chi connectivity index (χ0n) is 18.6. The van der Waals surface area contributed by atoms with Crippen molar-refractivity contribution in [2.75, 3.05) is 19.8 Å². The number of ether oxygens (including phenoxy) is 2. The summed E-state index contributed by atoms with van der Waals surface area (Å²) in [5.74, 6) is -0.308. The molecule has 5 nitrogen and oxygen atoms in total. The van der Waals surface area contributed by atoms with Gasteiger partial charge in [0.1, 0.15) is 0 Å². The average molecular weight is 410 g/mol. The van der Waals surface area contributed by atoms with Gasteiger partial charge in [-0.05, 0) is 39.0 Å². The molecular weight excluding hydrogens is 366 g/mol. The van der Waals surface area contributed by atoms with E-state index < -0.39 is 0 Å². The standard InChI is InChI=1S/C24H43NO4/c1-4-5-6-7-8-9-11-15-18-21-29-24(27)25-19-16-13-10-12-14-17-20-28-23(26)22(2)3/h4H,1-2,5-21H2,3H3,(H,25,27). The van der Waals surface area contributed by atoms with E-state index in [1.807, 2.05) is 6.08 Å². The maximum absolute atomic E-state index is 11.6. The fourth-order valence-corrected chi connectivity index (χ4v) is 2.90. The normalized spacial score (nSPS) is 10.4. The van der Waals surface area contributed by atoms with Gasteiger partial charge >= 0.3 is 12.1 Å². The van der Waals surface area contributed by atoms with Crippen molar-refractivity contribution in [1.82, 2.24) is 5.32 Å². The molecule has 0 aliphatic heterocycles. The van der Waals surface area contributed by atoms with Gasteiger partial charge in [0.2, 0.25) is 0 Å². The van der Waals surface area contributed by atoms with Crippen molar-refractivity contribution in [3.05, 3.63) is 24.8 Å². The van der Waals surface area contributed by atoms with E-state index in [1.54, 1.807) is 6.92 Å². The molecule has 0 bridgehead atoms. The number of unbranched alkanes of at least 4 members (excludes halogenated alkanes) is 12. The Hall–Kier alpha value is -1.78. The first kappa shape index (κ1) is 27.2. The van der Waals surface area contributed by atoms with Crippen molar-refractivity contribution in [3.8, 4) is 0 Å². The fraction of sp³-hybridized carbons (Fsp3) is 0.750. The highest BCUT2D eigenvalue weighted by atomic mass is 16.5. The zero-order valence-corrected chi connectivity index (χ0v) is 18.6. The van der Waals surface area contributed by atoms with Crippen molar-refractivity contribution >= 4 is 12.1 Å². The van der Waals surface area contributed by atoms with Crippen LogP contribution in [0.4, 0.5) is 4.79 Å². The summed E-state index contributed by atoms with van der Waals surface area (Å²) in [6, 6.07) is 0. The van der Waals surface area contributed by atoms with Crippen LogP contribution in [-0.2, 0) is 14.3 Å². The monoisotopic (exact) mass is 409 g/mol. The molecule has 168 valence electrons. The Balaban J connectivity index is 3.23. The van der Waals surface area contributed by atoms with Crippen LogP contribution in [0.2, 0.25) is 0 Å². The molecule has 0 spiro atoms. The van der Waals surface area contributed by atoms with Crippen molar-refractivity contribution in [3.63, 3.8) is 0 Å². The molecule has 0 saturated carbocycles. The molecule has 0 aromatic rings. The number of allylic oxidation sites excluding steroid dienone is 1. The minimum Gasteiger partial charge on any atom is -0.462 e. The molecule has 29 heavy (non-hydrogen) atoms. The summed E-state index contributed by atoms with van der Waals surface area (Å²) >= 11 is 0. The number of carbonyl (C=O) groups is 2. The number of nitrogens with one attached hydrogen (secondary N) is 1. The fourth-order valence-electron chi connectivity index (χ4n) is 2.90. The van der Waals surface area contributed by atoms with E-state index >= 15 is 0 Å². The first-order valence-electron chi connectivity index (χ1n) is 11.4. The third-order valence-electron chi connectivity index (χ3n) is 4.71. The lowest BCUT2D eigenvalue weighted by Crippen LogP contribution is -2.25. The lowest BCUT2D eigenvalue weighted by atomic mass is 10.1. The zero-order chi connectivity index (χ0) is 21.6. The number of alkyl carbamates (subject to hydrolysis) is 1. The number of amides is 1. The molecule has 0 fully saturated rings. The van der Waals surface area contributed by atoms with E-state index in [4.69, 9.17) is 9.47 Å². The van der Waals surface area contributed by atoms with Crippen molar-refractivity contribution in [1.29, 1.82) is 0 Å². The molecule has 0 aliphatic rings. The minimum absolute atomic E-state index is 0.297. The molecule has 0 aliphatic carbocycles. The van der Waals surface area contributed by atoms with Crippen LogP contribution in [0.25, 0.3) is 0 Å². The molecule has 0 unspecified atom stereocenters. The Morgan fingerprint density at radius 3 is 1.79 bits per heavy atom. The number of hydrogen-bond donors (Lipinski definition) is 1. The molecule has 0 saturated heterocycles. The van der Waals surface area contributed by atoms with Gasteiger partial charge in [-0.25, -0.2) is 9.59 Å². The third-order valence-corrected chi connectivity index (χ3v) is 4.71. The Morgan fingerprint density at radius 1 is 0.759 bits per heavy atom. The molecule has 1 amide bonds. The number of esters is 1. The van der Waals surface area contributed by atoms with Crippen molar-refractivity contribution in [2.24, 2.45) is 0 Å². The second-order valence-electron chi connectivity index (χ2n) is 7.65. The maximum Gasteiger partial charge on any atom is 0.407 e. The molecule has 0 rings (SSSR count). The van der Waals surface area contributed by atoms with Crippen LogP contribution < -0.4 is 5.32 Å². The highest BCUT2D eigenvalue weighted by Gasteiger charge is 2.02. The largest absolute Gasteiger partial charge is 0.462 e. The smallest absolute Gasteiger partial charge is 0.407 e. The van der Waals surface area contributed by atoms with Crippen molar-refractivity contribution < 1.29 is 19.1 Å². The van der Waals surface area contributed by atoms with Crippen LogP contribution in [0.15, 0.2) is 24.8 Å². The lowest BCUT2D eigenvalue weighted by molar-refractivity contribution is -0.139. The van der Waals surface area contributed by atoms with Crippen LogP contribution in [0.5, 0.6) is 0 Å². The topological polar surface area (TPSA) is 64.6 Å². The van der Waals surface area contributed by atoms with Crippen LogP contribution in [0.1, 0.15) is 96.8 Å². The molecule has 0 aromatic heterocycles. The van der Waals surface area contributed by atoms with Gasteiger partial charge in [0.15, 0.2) is 0 Å². The molecule has 0 heterocycles.